The van der Waals surface area contributed by atoms with Crippen molar-refractivity contribution < 1.29 is 29.1 Å². The first kappa shape index (κ1) is 43.3. The molecule has 1 fully saturated rings. The van der Waals surface area contributed by atoms with E-state index in [2.05, 4.69) is 31.5 Å². The second-order valence-electron chi connectivity index (χ2n) is 11.6. The van der Waals surface area contributed by atoms with E-state index in [0.29, 0.717) is 19.6 Å². The van der Waals surface area contributed by atoms with E-state index in [0.717, 1.165) is 32.2 Å². The Morgan fingerprint density at radius 2 is 1.64 bits per heavy atom. The van der Waals surface area contributed by atoms with Crippen molar-refractivity contribution >= 4 is 29.6 Å². The second-order valence-corrected chi connectivity index (χ2v) is 11.6. The maximum Gasteiger partial charge on any atom is 0.320 e. The third-order valence-electron chi connectivity index (χ3n) is 7.72. The average Bonchev–Trinajstić information content (AvgIpc) is 2.94. The average molecular weight is 631 g/mol. The lowest BCUT2D eigenvalue weighted by Crippen LogP contribution is -2.55. The van der Waals surface area contributed by atoms with E-state index < -0.39 is 24.1 Å². The van der Waals surface area contributed by atoms with Crippen molar-refractivity contribution in [2.45, 2.75) is 124 Å². The smallest absolute Gasteiger partial charge is 0.320 e. The molecule has 14 nitrogen and oxygen atoms in total. The zero-order valence-corrected chi connectivity index (χ0v) is 27.7. The van der Waals surface area contributed by atoms with Gasteiger partial charge in [-0.05, 0) is 101 Å². The largest absolute Gasteiger partial charge is 0.480 e. The molecule has 0 spiro atoms. The number of rotatable bonds is 10. The topological polar surface area (TPSA) is 198 Å². The fraction of sp³-hybridized carbons (Fsp3) is 0.833. The summed E-state index contributed by atoms with van der Waals surface area (Å²) in [6.45, 7) is 15.1. The van der Waals surface area contributed by atoms with Gasteiger partial charge >= 0.3 is 5.97 Å². The SMILES string of the molecule is C.CC(N)C(=O)NC(C)C(=O)NCCCCN(C)C(C)C(=O)O.CC1NC(C)C(C)NC(=O)C(C)N(C)CCCCNC1=O. The molecule has 0 saturated carbocycles. The number of hydrogen-bond donors (Lipinski definition) is 7. The number of aliphatic carboxylic acids is 1. The Bertz CT molecular complexity index is 890. The number of nitrogens with one attached hydrogen (secondary N) is 5. The van der Waals surface area contributed by atoms with E-state index in [4.69, 9.17) is 10.8 Å². The van der Waals surface area contributed by atoms with Gasteiger partial charge in [0.2, 0.25) is 23.6 Å². The number of unbranched alkanes of at least 4 members (excludes halogenated alkanes) is 1. The molecule has 7 unspecified atom stereocenters. The molecule has 44 heavy (non-hydrogen) atoms. The van der Waals surface area contributed by atoms with Crippen LogP contribution in [0.1, 0.15) is 81.6 Å². The summed E-state index contributed by atoms with van der Waals surface area (Å²) in [6.07, 6.45) is 3.39. The quantitative estimate of drug-likeness (QED) is 0.160. The molecule has 4 amide bonds. The Morgan fingerprint density at radius 3 is 2.20 bits per heavy atom. The first-order valence-electron chi connectivity index (χ1n) is 15.3. The van der Waals surface area contributed by atoms with Gasteiger partial charge in [0.1, 0.15) is 12.1 Å². The Balaban J connectivity index is 0. The van der Waals surface area contributed by atoms with Gasteiger partial charge in [0.15, 0.2) is 0 Å². The van der Waals surface area contributed by atoms with E-state index in [1.807, 2.05) is 34.7 Å². The van der Waals surface area contributed by atoms with Crippen LogP contribution in [-0.4, -0.2) is 127 Å². The molecule has 14 heteroatoms. The van der Waals surface area contributed by atoms with Gasteiger partial charge in [-0.2, -0.15) is 0 Å². The highest BCUT2D eigenvalue weighted by molar-refractivity contribution is 5.89. The Morgan fingerprint density at radius 1 is 1.02 bits per heavy atom. The van der Waals surface area contributed by atoms with Crippen LogP contribution in [0.25, 0.3) is 0 Å². The van der Waals surface area contributed by atoms with E-state index in [1.165, 1.54) is 0 Å². The minimum Gasteiger partial charge on any atom is -0.480 e. The van der Waals surface area contributed by atoms with Gasteiger partial charge in [0.25, 0.3) is 0 Å². The molecule has 258 valence electrons. The summed E-state index contributed by atoms with van der Waals surface area (Å²) in [4.78, 5) is 61.9. The summed E-state index contributed by atoms with van der Waals surface area (Å²) in [5, 5.41) is 23.3. The number of hydrogen-bond acceptors (Lipinski definition) is 9. The van der Waals surface area contributed by atoms with E-state index in [-0.39, 0.29) is 55.2 Å². The highest BCUT2D eigenvalue weighted by Gasteiger charge is 2.24. The lowest BCUT2D eigenvalue weighted by molar-refractivity contribution is -0.142. The van der Waals surface area contributed by atoms with Gasteiger partial charge in [-0.15, -0.1) is 0 Å². The van der Waals surface area contributed by atoms with Crippen LogP contribution in [0.15, 0.2) is 0 Å². The van der Waals surface area contributed by atoms with Crippen LogP contribution in [0.2, 0.25) is 0 Å². The van der Waals surface area contributed by atoms with Gasteiger partial charge in [0.05, 0.1) is 18.1 Å². The van der Waals surface area contributed by atoms with Crippen LogP contribution in [-0.2, 0) is 24.0 Å². The van der Waals surface area contributed by atoms with Gasteiger partial charge in [-0.25, -0.2) is 0 Å². The summed E-state index contributed by atoms with van der Waals surface area (Å²) >= 11 is 0. The van der Waals surface area contributed by atoms with E-state index in [1.54, 1.807) is 32.7 Å². The Labute approximate surface area is 265 Å². The van der Waals surface area contributed by atoms with Crippen molar-refractivity contribution in [1.29, 1.82) is 0 Å². The number of carboxylic acids is 1. The fourth-order valence-electron chi connectivity index (χ4n) is 3.97. The van der Waals surface area contributed by atoms with Gasteiger partial charge in [-0.1, -0.05) is 7.43 Å². The summed E-state index contributed by atoms with van der Waals surface area (Å²) in [6, 6.07) is -2.23. The molecule has 8 N–H and O–H groups in total. The predicted octanol–water partition coefficient (Wildman–Crippen LogP) is -0.136. The Hall–Kier alpha value is -2.81. The predicted molar refractivity (Wildman–Crippen MR) is 174 cm³/mol. The zero-order valence-electron chi connectivity index (χ0n) is 27.7. The van der Waals surface area contributed by atoms with Crippen molar-refractivity contribution in [3.05, 3.63) is 0 Å². The highest BCUT2D eigenvalue weighted by atomic mass is 16.4. The van der Waals surface area contributed by atoms with Crippen molar-refractivity contribution in [1.82, 2.24) is 36.4 Å². The summed E-state index contributed by atoms with van der Waals surface area (Å²) in [7, 11) is 3.71. The first-order chi connectivity index (χ1) is 20.0. The van der Waals surface area contributed by atoms with Crippen molar-refractivity contribution in [3.8, 4) is 0 Å². The first-order valence-corrected chi connectivity index (χ1v) is 15.3. The molecular formula is C30H62N8O6. The van der Waals surface area contributed by atoms with Crippen molar-refractivity contribution in [2.24, 2.45) is 5.73 Å². The standard InChI is InChI=1S/C15H30N4O2.C14H28N4O4.CH4/c1-10-11(2)18-15(21)13(4)19(5)9-7-6-8-16-14(20)12(3)17-10;1-9(15)12(19)17-10(2)13(20)16-7-5-6-8-18(4)11(3)14(21)22;/h10-13,17H,6-9H2,1-5H3,(H,16,20)(H,18,21);9-11H,5-8,15H2,1-4H3,(H,16,20)(H,17,19)(H,21,22);1H4. The normalized spacial score (nSPS) is 24.1. The molecule has 1 saturated heterocycles. The molecule has 0 radical (unpaired) electrons. The van der Waals surface area contributed by atoms with Crippen LogP contribution >= 0.6 is 0 Å². The third-order valence-corrected chi connectivity index (χ3v) is 7.72. The highest BCUT2D eigenvalue weighted by Crippen LogP contribution is 2.03. The lowest BCUT2D eigenvalue weighted by atomic mass is 10.1. The minimum absolute atomic E-state index is 0. The number of amides is 4. The summed E-state index contributed by atoms with van der Waals surface area (Å²) in [5.74, 6) is -1.44. The molecular weight excluding hydrogens is 568 g/mol. The molecule has 1 aliphatic rings. The molecule has 1 rings (SSSR count). The van der Waals surface area contributed by atoms with Crippen molar-refractivity contribution in [2.75, 3.05) is 40.3 Å². The Kier molecular flexibility index (Phi) is 22.3. The van der Waals surface area contributed by atoms with Crippen LogP contribution < -0.4 is 32.3 Å². The monoisotopic (exact) mass is 630 g/mol. The molecule has 0 aromatic heterocycles. The van der Waals surface area contributed by atoms with Crippen molar-refractivity contribution in [3.63, 3.8) is 0 Å². The fourth-order valence-corrected chi connectivity index (χ4v) is 3.97. The number of carbonyl (C=O) groups excluding carboxylic acids is 4. The maximum absolute atomic E-state index is 12.2. The third kappa shape index (κ3) is 17.5. The maximum atomic E-state index is 12.2. The van der Waals surface area contributed by atoms with Crippen LogP contribution in [0, 0.1) is 0 Å². The number of likely N-dealkylation sites (N-methyl/N-ethyl adjacent to an activating group) is 2. The molecule has 7 atom stereocenters. The van der Waals surface area contributed by atoms with E-state index >= 15 is 0 Å². The number of carboxylic acid groups (broad SMARTS) is 1. The molecule has 1 aliphatic heterocycles. The van der Waals surface area contributed by atoms with Gasteiger partial charge in [0, 0.05) is 25.2 Å². The van der Waals surface area contributed by atoms with Crippen LogP contribution in [0.5, 0.6) is 0 Å². The number of carbonyl (C=O) groups is 5. The van der Waals surface area contributed by atoms with Gasteiger partial charge in [-0.3, -0.25) is 33.8 Å². The number of nitrogens with zero attached hydrogens (tertiary/aromatic N) is 2. The number of nitrogens with two attached hydrogens (primary N) is 1. The summed E-state index contributed by atoms with van der Waals surface area (Å²) in [5.41, 5.74) is 5.41. The van der Waals surface area contributed by atoms with Gasteiger partial charge < -0.3 is 37.4 Å². The molecule has 0 bridgehead atoms. The van der Waals surface area contributed by atoms with Crippen LogP contribution in [0.4, 0.5) is 0 Å². The molecule has 0 aromatic rings. The van der Waals surface area contributed by atoms with Crippen LogP contribution in [0.3, 0.4) is 0 Å². The lowest BCUT2D eigenvalue weighted by Gasteiger charge is -2.30. The molecule has 1 heterocycles. The minimum atomic E-state index is -0.852. The second kappa shape index (κ2) is 22.7. The molecule has 0 aliphatic carbocycles. The summed E-state index contributed by atoms with van der Waals surface area (Å²) < 4.78 is 0. The molecule has 0 aromatic carbocycles. The van der Waals surface area contributed by atoms with E-state index in [9.17, 15) is 24.0 Å². The zero-order chi connectivity index (χ0) is 33.3.